The number of carbonyl (C=O) groups is 2. The van der Waals surface area contributed by atoms with E-state index in [1.54, 1.807) is 18.3 Å². The number of nitrogens with zero attached hydrogens (tertiary/aromatic N) is 4. The van der Waals surface area contributed by atoms with Crippen LogP contribution >= 0.6 is 0 Å². The Morgan fingerprint density at radius 3 is 2.53 bits per heavy atom. The molecule has 1 saturated carbocycles. The number of fused-ring (bicyclic) bond motifs is 1. The van der Waals surface area contributed by atoms with Gasteiger partial charge in [-0.15, -0.1) is 0 Å². The number of aldehydes is 1. The maximum absolute atomic E-state index is 13.0. The number of hydrogen-bond donors (Lipinski definition) is 1. The monoisotopic (exact) mass is 448 g/mol. The molecule has 0 unspecified atom stereocenters. The van der Waals surface area contributed by atoms with Crippen LogP contribution in [0.4, 0.5) is 13.2 Å². The van der Waals surface area contributed by atoms with Crippen molar-refractivity contribution >= 4 is 23.2 Å². The highest BCUT2D eigenvalue weighted by Gasteiger charge is 2.36. The third kappa shape index (κ3) is 4.02. The van der Waals surface area contributed by atoms with Crippen molar-refractivity contribution in [2.45, 2.75) is 37.9 Å². The number of halogens is 3. The number of rotatable bonds is 5. The Labute approximate surface area is 180 Å². The molecule has 11 heteroatoms. The molecule has 0 atom stereocenters. The summed E-state index contributed by atoms with van der Waals surface area (Å²) in [6.45, 7) is 0. The van der Waals surface area contributed by atoms with Crippen LogP contribution in [0.3, 0.4) is 0 Å². The van der Waals surface area contributed by atoms with Gasteiger partial charge in [0.2, 0.25) is 5.82 Å². The maximum atomic E-state index is 13.0. The zero-order chi connectivity index (χ0) is 23.0. The third-order valence-corrected chi connectivity index (χ3v) is 5.69. The van der Waals surface area contributed by atoms with Crippen LogP contribution in [0, 0.1) is 5.92 Å². The first kappa shape index (κ1) is 21.7. The summed E-state index contributed by atoms with van der Waals surface area (Å²) in [5.41, 5.74) is -0.0313. The van der Waals surface area contributed by atoms with Crippen LogP contribution in [0.1, 0.15) is 48.0 Å². The lowest BCUT2D eigenvalue weighted by Gasteiger charge is -2.25. The van der Waals surface area contributed by atoms with E-state index >= 15 is 0 Å². The van der Waals surface area contributed by atoms with Gasteiger partial charge in [0.25, 0.3) is 0 Å². The lowest BCUT2D eigenvalue weighted by Crippen LogP contribution is -2.19. The summed E-state index contributed by atoms with van der Waals surface area (Å²) in [5.74, 6) is -2.84. The van der Waals surface area contributed by atoms with Gasteiger partial charge in [-0.3, -0.25) is 4.68 Å². The second-order valence-electron chi connectivity index (χ2n) is 7.68. The second-order valence-corrected chi connectivity index (χ2v) is 7.68. The van der Waals surface area contributed by atoms with Gasteiger partial charge in [-0.1, -0.05) is 0 Å². The average molecular weight is 448 g/mol. The molecule has 1 fully saturated rings. The molecule has 0 bridgehead atoms. The Balaban J connectivity index is 1.78. The van der Waals surface area contributed by atoms with Crippen molar-refractivity contribution in [3.8, 4) is 16.9 Å². The van der Waals surface area contributed by atoms with Gasteiger partial charge in [-0.05, 0) is 31.7 Å². The van der Waals surface area contributed by atoms with E-state index in [0.29, 0.717) is 10.9 Å². The van der Waals surface area contributed by atoms with Crippen molar-refractivity contribution in [3.63, 3.8) is 0 Å². The standard InChI is InChI=1S/C21H19F3N4O4/c1-32-17-7-16-12(9-28(27-16)13-4-2-11(10-29)3-5-13)6-14(17)15-8-25-20(21(22,23)24)26-18(15)19(30)31/h6-11,13H,2-5H2,1H3,(H,30,31). The molecule has 2 aromatic heterocycles. The number of carbonyl (C=O) groups excluding carboxylic acids is 1. The third-order valence-electron chi connectivity index (χ3n) is 5.69. The van der Waals surface area contributed by atoms with Crippen LogP contribution in [0.15, 0.2) is 24.5 Å². The highest BCUT2D eigenvalue weighted by Crippen LogP contribution is 2.38. The Kier molecular flexibility index (Phi) is 5.57. The van der Waals surface area contributed by atoms with Gasteiger partial charge in [0.05, 0.1) is 18.7 Å². The van der Waals surface area contributed by atoms with Crippen LogP contribution in [0.5, 0.6) is 5.75 Å². The average Bonchev–Trinajstić information content (AvgIpc) is 3.20. The van der Waals surface area contributed by atoms with Gasteiger partial charge in [0, 0.05) is 40.9 Å². The molecule has 2 heterocycles. The number of methoxy groups -OCH3 is 1. The summed E-state index contributed by atoms with van der Waals surface area (Å²) in [6.07, 6.45) is 1.92. The molecular weight excluding hydrogens is 429 g/mol. The number of alkyl halides is 3. The topological polar surface area (TPSA) is 107 Å². The molecule has 8 nitrogen and oxygen atoms in total. The maximum Gasteiger partial charge on any atom is 0.451 e. The van der Waals surface area contributed by atoms with Crippen LogP contribution in [-0.2, 0) is 11.0 Å². The number of aromatic nitrogens is 4. The predicted octanol–water partition coefficient (Wildman–Crippen LogP) is 4.15. The molecular formula is C21H19F3N4O4. The number of carboxylic acids is 1. The SMILES string of the molecule is COc1cc2nn(C3CCC(C=O)CC3)cc2cc1-c1cnc(C(F)(F)F)nc1C(=O)O. The number of ether oxygens (including phenoxy) is 1. The molecule has 1 aromatic carbocycles. The normalized spacial score (nSPS) is 19.1. The lowest BCUT2D eigenvalue weighted by molar-refractivity contribution is -0.145. The van der Waals surface area contributed by atoms with Crippen molar-refractivity contribution in [1.82, 2.24) is 19.7 Å². The molecule has 168 valence electrons. The van der Waals surface area contributed by atoms with Gasteiger partial charge in [-0.25, -0.2) is 14.8 Å². The first-order valence-corrected chi connectivity index (χ1v) is 9.91. The zero-order valence-electron chi connectivity index (χ0n) is 17.0. The molecule has 0 spiro atoms. The summed E-state index contributed by atoms with van der Waals surface area (Å²) < 4.78 is 46.1. The smallest absolute Gasteiger partial charge is 0.451 e. The molecule has 0 saturated heterocycles. The molecule has 0 aliphatic heterocycles. The highest BCUT2D eigenvalue weighted by atomic mass is 19.4. The molecule has 1 aliphatic carbocycles. The number of carboxylic acid groups (broad SMARTS) is 1. The number of hydrogen-bond acceptors (Lipinski definition) is 6. The molecule has 4 rings (SSSR count). The molecule has 3 aromatic rings. The first-order valence-electron chi connectivity index (χ1n) is 9.91. The summed E-state index contributed by atoms with van der Waals surface area (Å²) in [4.78, 5) is 29.2. The summed E-state index contributed by atoms with van der Waals surface area (Å²) in [6, 6.07) is 3.33. The van der Waals surface area contributed by atoms with Crippen molar-refractivity contribution in [3.05, 3.63) is 36.0 Å². The summed E-state index contributed by atoms with van der Waals surface area (Å²) in [7, 11) is 1.37. The van der Waals surface area contributed by atoms with Gasteiger partial charge < -0.3 is 14.6 Å². The molecule has 0 radical (unpaired) electrons. The van der Waals surface area contributed by atoms with E-state index in [9.17, 15) is 27.9 Å². The van der Waals surface area contributed by atoms with Crippen molar-refractivity contribution < 1.29 is 32.6 Å². The fraction of sp³-hybridized carbons (Fsp3) is 0.381. The van der Waals surface area contributed by atoms with Crippen LogP contribution in [0.25, 0.3) is 22.0 Å². The van der Waals surface area contributed by atoms with Gasteiger partial charge >= 0.3 is 12.1 Å². The Hall–Kier alpha value is -3.50. The summed E-state index contributed by atoms with van der Waals surface area (Å²) in [5, 5.41) is 14.7. The van der Waals surface area contributed by atoms with Crippen LogP contribution < -0.4 is 4.74 Å². The predicted molar refractivity (Wildman–Crippen MR) is 106 cm³/mol. The van der Waals surface area contributed by atoms with E-state index < -0.39 is 23.7 Å². The molecule has 1 N–H and O–H groups in total. The van der Waals surface area contributed by atoms with Crippen LogP contribution in [-0.4, -0.2) is 44.2 Å². The number of benzene rings is 1. The minimum atomic E-state index is -4.87. The fourth-order valence-electron chi connectivity index (χ4n) is 4.02. The number of aromatic carboxylic acids is 1. The van der Waals surface area contributed by atoms with Gasteiger partial charge in [0.1, 0.15) is 12.0 Å². The minimum Gasteiger partial charge on any atom is -0.496 e. The quantitative estimate of drug-likeness (QED) is 0.585. The minimum absolute atomic E-state index is 0.0667. The molecule has 0 amide bonds. The van der Waals surface area contributed by atoms with Crippen LogP contribution in [0.2, 0.25) is 0 Å². The second kappa shape index (κ2) is 8.21. The Bertz CT molecular complexity index is 1180. The van der Waals surface area contributed by atoms with E-state index in [4.69, 9.17) is 4.74 Å². The van der Waals surface area contributed by atoms with Gasteiger partial charge in [-0.2, -0.15) is 18.3 Å². The van der Waals surface area contributed by atoms with E-state index in [2.05, 4.69) is 15.1 Å². The largest absolute Gasteiger partial charge is 0.496 e. The van der Waals surface area contributed by atoms with E-state index in [-0.39, 0.29) is 28.8 Å². The summed E-state index contributed by atoms with van der Waals surface area (Å²) >= 11 is 0. The van der Waals surface area contributed by atoms with Gasteiger partial charge in [0.15, 0.2) is 5.69 Å². The fourth-order valence-corrected chi connectivity index (χ4v) is 4.02. The zero-order valence-corrected chi connectivity index (χ0v) is 17.0. The Morgan fingerprint density at radius 1 is 1.22 bits per heavy atom. The van der Waals surface area contributed by atoms with E-state index in [1.165, 1.54) is 7.11 Å². The first-order chi connectivity index (χ1) is 15.2. The Morgan fingerprint density at radius 2 is 1.94 bits per heavy atom. The lowest BCUT2D eigenvalue weighted by atomic mass is 9.87. The van der Waals surface area contributed by atoms with Crippen molar-refractivity contribution in [2.24, 2.45) is 5.92 Å². The van der Waals surface area contributed by atoms with Crippen molar-refractivity contribution in [2.75, 3.05) is 7.11 Å². The highest BCUT2D eigenvalue weighted by molar-refractivity contribution is 5.97. The molecule has 1 aliphatic rings. The molecule has 32 heavy (non-hydrogen) atoms. The van der Waals surface area contributed by atoms with E-state index in [0.717, 1.165) is 38.2 Å². The van der Waals surface area contributed by atoms with Crippen molar-refractivity contribution in [1.29, 1.82) is 0 Å². The van der Waals surface area contributed by atoms with E-state index in [1.807, 2.05) is 4.68 Å².